The minimum absolute atomic E-state index is 0.0846. The highest BCUT2D eigenvalue weighted by Gasteiger charge is 2.18. The monoisotopic (exact) mass is 336 g/mol. The van der Waals surface area contributed by atoms with Gasteiger partial charge in [-0.1, -0.05) is 6.92 Å². The Labute approximate surface area is 138 Å². The quantitative estimate of drug-likeness (QED) is 0.815. The van der Waals surface area contributed by atoms with Gasteiger partial charge in [-0.05, 0) is 36.8 Å². The van der Waals surface area contributed by atoms with E-state index in [0.29, 0.717) is 12.2 Å². The van der Waals surface area contributed by atoms with E-state index in [9.17, 15) is 13.6 Å². The largest absolute Gasteiger partial charge is 0.480 e. The van der Waals surface area contributed by atoms with Crippen molar-refractivity contribution in [2.75, 3.05) is 19.5 Å². The Bertz CT molecular complexity index is 738. The Morgan fingerprint density at radius 3 is 2.62 bits per heavy atom. The second-order valence-corrected chi connectivity index (χ2v) is 5.02. The molecule has 0 bridgehead atoms. The van der Waals surface area contributed by atoms with Crippen LogP contribution >= 0.6 is 0 Å². The maximum atomic E-state index is 14.0. The number of anilines is 1. The highest BCUT2D eigenvalue weighted by Crippen LogP contribution is 2.27. The Kier molecular flexibility index (Phi) is 5.68. The van der Waals surface area contributed by atoms with Crippen LogP contribution in [-0.2, 0) is 4.74 Å². The van der Waals surface area contributed by atoms with Gasteiger partial charge in [0.05, 0.1) is 20.3 Å². The summed E-state index contributed by atoms with van der Waals surface area (Å²) in [4.78, 5) is 15.8. The molecule has 0 aliphatic rings. The summed E-state index contributed by atoms with van der Waals surface area (Å²) < 4.78 is 37.1. The molecule has 0 amide bonds. The van der Waals surface area contributed by atoms with Crippen LogP contribution in [0.1, 0.15) is 35.3 Å². The van der Waals surface area contributed by atoms with Crippen molar-refractivity contribution in [3.8, 4) is 5.88 Å². The molecule has 24 heavy (non-hydrogen) atoms. The number of benzene rings is 1. The van der Waals surface area contributed by atoms with Crippen LogP contribution in [0.2, 0.25) is 0 Å². The number of hydrogen-bond donors (Lipinski definition) is 1. The molecule has 0 spiro atoms. The molecule has 0 aliphatic heterocycles. The molecule has 0 saturated carbocycles. The standard InChI is InChI=1S/C17H18F2N2O3/c1-4-14(12-9-10(18)5-7-13(12)19)20-15-8-6-11(17(22)24-3)16(21-15)23-2/h5-9,14H,4H2,1-3H3,(H,20,21). The van der Waals surface area contributed by atoms with E-state index in [-0.39, 0.29) is 17.0 Å². The number of hydrogen-bond acceptors (Lipinski definition) is 5. The van der Waals surface area contributed by atoms with Gasteiger partial charge in [-0.2, -0.15) is 4.98 Å². The maximum absolute atomic E-state index is 14.0. The molecule has 2 rings (SSSR count). The van der Waals surface area contributed by atoms with E-state index in [1.165, 1.54) is 20.3 Å². The molecule has 1 atom stereocenters. The van der Waals surface area contributed by atoms with Crippen molar-refractivity contribution >= 4 is 11.8 Å². The van der Waals surface area contributed by atoms with Gasteiger partial charge in [0.2, 0.25) is 5.88 Å². The Morgan fingerprint density at radius 2 is 2.00 bits per heavy atom. The zero-order valence-electron chi connectivity index (χ0n) is 13.6. The number of pyridine rings is 1. The van der Waals surface area contributed by atoms with Gasteiger partial charge in [-0.25, -0.2) is 13.6 Å². The summed E-state index contributed by atoms with van der Waals surface area (Å²) in [5, 5.41) is 3.02. The first-order valence-corrected chi connectivity index (χ1v) is 7.35. The van der Waals surface area contributed by atoms with Crippen molar-refractivity contribution in [1.82, 2.24) is 4.98 Å². The van der Waals surface area contributed by atoms with Crippen LogP contribution in [-0.4, -0.2) is 25.2 Å². The lowest BCUT2D eigenvalue weighted by Crippen LogP contribution is -2.14. The second kappa shape index (κ2) is 7.72. The number of nitrogens with one attached hydrogen (secondary N) is 1. The highest BCUT2D eigenvalue weighted by molar-refractivity contribution is 5.92. The first-order valence-electron chi connectivity index (χ1n) is 7.35. The number of rotatable bonds is 6. The number of halogens is 2. The second-order valence-electron chi connectivity index (χ2n) is 5.02. The summed E-state index contributed by atoms with van der Waals surface area (Å²) in [6.45, 7) is 1.84. The molecule has 0 fully saturated rings. The summed E-state index contributed by atoms with van der Waals surface area (Å²) in [6, 6.07) is 5.86. The van der Waals surface area contributed by atoms with E-state index < -0.39 is 23.6 Å². The number of carbonyl (C=O) groups excluding carboxylic acids is 1. The van der Waals surface area contributed by atoms with Gasteiger partial charge >= 0.3 is 5.97 Å². The number of ether oxygens (including phenoxy) is 2. The number of carbonyl (C=O) groups is 1. The normalized spacial score (nSPS) is 11.7. The lowest BCUT2D eigenvalue weighted by Gasteiger charge is -2.19. The topological polar surface area (TPSA) is 60.5 Å². The SMILES string of the molecule is CCC(Nc1ccc(C(=O)OC)c(OC)n1)c1cc(F)ccc1F. The first-order chi connectivity index (χ1) is 11.5. The number of esters is 1. The first kappa shape index (κ1) is 17.7. The summed E-state index contributed by atoms with van der Waals surface area (Å²) >= 11 is 0. The molecule has 0 aliphatic carbocycles. The molecular formula is C17H18F2N2O3. The van der Waals surface area contributed by atoms with Gasteiger partial charge in [-0.3, -0.25) is 0 Å². The van der Waals surface area contributed by atoms with E-state index in [1.54, 1.807) is 6.07 Å². The van der Waals surface area contributed by atoms with E-state index in [1.807, 2.05) is 6.92 Å². The van der Waals surface area contributed by atoms with Crippen LogP contribution in [0.3, 0.4) is 0 Å². The van der Waals surface area contributed by atoms with Crippen molar-refractivity contribution in [3.63, 3.8) is 0 Å². The van der Waals surface area contributed by atoms with Gasteiger partial charge in [0.15, 0.2) is 0 Å². The van der Waals surface area contributed by atoms with Crippen LogP contribution in [0.15, 0.2) is 30.3 Å². The van der Waals surface area contributed by atoms with Crippen LogP contribution in [0.5, 0.6) is 5.88 Å². The fourth-order valence-corrected chi connectivity index (χ4v) is 2.30. The van der Waals surface area contributed by atoms with Crippen LogP contribution in [0.4, 0.5) is 14.6 Å². The third kappa shape index (κ3) is 3.79. The Hall–Kier alpha value is -2.70. The molecule has 7 heteroatoms. The van der Waals surface area contributed by atoms with Crippen LogP contribution < -0.4 is 10.1 Å². The van der Waals surface area contributed by atoms with Crippen LogP contribution in [0.25, 0.3) is 0 Å². The third-order valence-corrected chi connectivity index (χ3v) is 3.52. The summed E-state index contributed by atoms with van der Waals surface area (Å²) in [7, 11) is 2.63. The van der Waals surface area contributed by atoms with Crippen molar-refractivity contribution in [3.05, 3.63) is 53.1 Å². The van der Waals surface area contributed by atoms with Crippen molar-refractivity contribution in [2.24, 2.45) is 0 Å². The summed E-state index contributed by atoms with van der Waals surface area (Å²) in [5.74, 6) is -1.14. The van der Waals surface area contributed by atoms with Crippen molar-refractivity contribution in [2.45, 2.75) is 19.4 Å². The lowest BCUT2D eigenvalue weighted by atomic mass is 10.0. The molecule has 0 radical (unpaired) electrons. The van der Waals surface area contributed by atoms with Gasteiger partial charge in [-0.15, -0.1) is 0 Å². The summed E-state index contributed by atoms with van der Waals surface area (Å²) in [5.41, 5.74) is 0.380. The molecule has 128 valence electrons. The molecule has 1 heterocycles. The van der Waals surface area contributed by atoms with Gasteiger partial charge in [0.1, 0.15) is 23.0 Å². The molecule has 1 aromatic carbocycles. The number of aromatic nitrogens is 1. The molecule has 0 saturated heterocycles. The van der Waals surface area contributed by atoms with E-state index >= 15 is 0 Å². The predicted octanol–water partition coefficient (Wildman–Crippen LogP) is 3.72. The van der Waals surface area contributed by atoms with Gasteiger partial charge in [0, 0.05) is 5.56 Å². The van der Waals surface area contributed by atoms with E-state index in [2.05, 4.69) is 15.0 Å². The molecule has 1 unspecified atom stereocenters. The zero-order chi connectivity index (χ0) is 17.7. The molecule has 5 nitrogen and oxygen atoms in total. The molecule has 1 N–H and O–H groups in total. The van der Waals surface area contributed by atoms with Gasteiger partial charge in [0.25, 0.3) is 0 Å². The van der Waals surface area contributed by atoms with E-state index in [4.69, 9.17) is 4.74 Å². The Balaban J connectivity index is 2.31. The number of methoxy groups -OCH3 is 2. The fraction of sp³-hybridized carbons (Fsp3) is 0.294. The minimum Gasteiger partial charge on any atom is -0.480 e. The predicted molar refractivity (Wildman–Crippen MR) is 85.1 cm³/mol. The van der Waals surface area contributed by atoms with Gasteiger partial charge < -0.3 is 14.8 Å². The maximum Gasteiger partial charge on any atom is 0.343 e. The van der Waals surface area contributed by atoms with Crippen molar-refractivity contribution in [1.29, 1.82) is 0 Å². The minimum atomic E-state index is -0.575. The smallest absolute Gasteiger partial charge is 0.343 e. The number of nitrogens with zero attached hydrogens (tertiary/aromatic N) is 1. The Morgan fingerprint density at radius 1 is 1.25 bits per heavy atom. The lowest BCUT2D eigenvalue weighted by molar-refractivity contribution is 0.0596. The van der Waals surface area contributed by atoms with Crippen LogP contribution in [0, 0.1) is 11.6 Å². The third-order valence-electron chi connectivity index (χ3n) is 3.52. The molecule has 2 aromatic rings. The molecular weight excluding hydrogens is 318 g/mol. The highest BCUT2D eigenvalue weighted by atomic mass is 19.1. The average Bonchev–Trinajstić information content (AvgIpc) is 2.61. The molecule has 1 aromatic heterocycles. The van der Waals surface area contributed by atoms with E-state index in [0.717, 1.165) is 18.2 Å². The summed E-state index contributed by atoms with van der Waals surface area (Å²) in [6.07, 6.45) is 0.503. The zero-order valence-corrected chi connectivity index (χ0v) is 13.6. The van der Waals surface area contributed by atoms with Crippen molar-refractivity contribution < 1.29 is 23.0 Å². The average molecular weight is 336 g/mol. The fourth-order valence-electron chi connectivity index (χ4n) is 2.30.